The zero-order valence-corrected chi connectivity index (χ0v) is 17.4. The summed E-state index contributed by atoms with van der Waals surface area (Å²) in [6, 6.07) is 18.3. The topological polar surface area (TPSA) is 62.8 Å². The molecule has 0 aliphatic carbocycles. The van der Waals surface area contributed by atoms with Crippen molar-refractivity contribution in [3.63, 3.8) is 0 Å². The molecule has 0 spiro atoms. The number of quaternary nitrogens is 1. The molecule has 0 radical (unpaired) electrons. The Morgan fingerprint density at radius 1 is 1.07 bits per heavy atom. The third-order valence-electron chi connectivity index (χ3n) is 5.73. The van der Waals surface area contributed by atoms with Gasteiger partial charge in [-0.25, -0.2) is 0 Å². The fourth-order valence-electron chi connectivity index (χ4n) is 3.96. The molecule has 4 rings (SSSR count). The second-order valence-electron chi connectivity index (χ2n) is 7.96. The van der Waals surface area contributed by atoms with Crippen molar-refractivity contribution in [2.24, 2.45) is 0 Å². The van der Waals surface area contributed by atoms with Gasteiger partial charge in [0.05, 0.1) is 44.9 Å². The molecule has 1 aromatic heterocycles. The van der Waals surface area contributed by atoms with Crippen molar-refractivity contribution in [3.8, 4) is 11.3 Å². The SMILES string of the molecule is Cc1ccc(-c2nn(Cc3ccccc3)cc2C(=O)N2CC[NH+](CCO)CC2)cc1. The highest BCUT2D eigenvalue weighted by molar-refractivity contribution is 5.99. The summed E-state index contributed by atoms with van der Waals surface area (Å²) in [5, 5.41) is 14.0. The Balaban J connectivity index is 1.61. The molecule has 6 heteroatoms. The minimum Gasteiger partial charge on any atom is -0.391 e. The number of aliphatic hydroxyl groups excluding tert-OH is 1. The number of benzene rings is 2. The van der Waals surface area contributed by atoms with E-state index in [9.17, 15) is 4.79 Å². The fourth-order valence-corrected chi connectivity index (χ4v) is 3.96. The standard InChI is InChI=1S/C24H28N4O2/c1-19-7-9-21(10-8-19)23-22(18-28(25-23)17-20-5-3-2-4-6-20)24(30)27-13-11-26(12-14-27)15-16-29/h2-10,18,29H,11-17H2,1H3/p+1. The van der Waals surface area contributed by atoms with E-state index < -0.39 is 0 Å². The van der Waals surface area contributed by atoms with Crippen LogP contribution in [0.2, 0.25) is 0 Å². The average Bonchev–Trinajstić information content (AvgIpc) is 3.19. The number of hydrogen-bond donors (Lipinski definition) is 2. The van der Waals surface area contributed by atoms with Gasteiger partial charge in [-0.1, -0.05) is 60.2 Å². The minimum absolute atomic E-state index is 0.0351. The number of hydrogen-bond acceptors (Lipinski definition) is 3. The molecule has 30 heavy (non-hydrogen) atoms. The molecule has 1 aliphatic heterocycles. The van der Waals surface area contributed by atoms with Gasteiger partial charge in [0.15, 0.2) is 0 Å². The lowest BCUT2D eigenvalue weighted by molar-refractivity contribution is -0.904. The number of carbonyl (C=O) groups is 1. The van der Waals surface area contributed by atoms with Crippen molar-refractivity contribution in [3.05, 3.63) is 77.5 Å². The van der Waals surface area contributed by atoms with E-state index in [2.05, 4.69) is 31.2 Å². The number of rotatable bonds is 6. The molecular formula is C24H29N4O2+. The molecule has 2 N–H and O–H groups in total. The van der Waals surface area contributed by atoms with Crippen molar-refractivity contribution in [2.45, 2.75) is 13.5 Å². The van der Waals surface area contributed by atoms with Gasteiger partial charge in [-0.2, -0.15) is 5.10 Å². The molecule has 2 aromatic carbocycles. The Morgan fingerprint density at radius 3 is 2.43 bits per heavy atom. The molecule has 0 unspecified atom stereocenters. The van der Waals surface area contributed by atoms with E-state index in [0.29, 0.717) is 25.2 Å². The van der Waals surface area contributed by atoms with Crippen LogP contribution in [0.5, 0.6) is 0 Å². The second-order valence-corrected chi connectivity index (χ2v) is 7.96. The van der Waals surface area contributed by atoms with Crippen LogP contribution in [-0.4, -0.2) is 65.0 Å². The summed E-state index contributed by atoms with van der Waals surface area (Å²) in [7, 11) is 0. The highest BCUT2D eigenvalue weighted by Gasteiger charge is 2.27. The van der Waals surface area contributed by atoms with Crippen LogP contribution in [0.15, 0.2) is 60.8 Å². The van der Waals surface area contributed by atoms with Crippen LogP contribution in [-0.2, 0) is 6.54 Å². The number of aromatic nitrogens is 2. The summed E-state index contributed by atoms with van der Waals surface area (Å²) < 4.78 is 1.87. The van der Waals surface area contributed by atoms with Crippen LogP contribution < -0.4 is 4.90 Å². The highest BCUT2D eigenvalue weighted by Crippen LogP contribution is 2.24. The molecule has 0 atom stereocenters. The van der Waals surface area contributed by atoms with Gasteiger partial charge in [0.25, 0.3) is 5.91 Å². The number of aliphatic hydroxyl groups is 1. The van der Waals surface area contributed by atoms with E-state index in [-0.39, 0.29) is 12.5 Å². The van der Waals surface area contributed by atoms with E-state index >= 15 is 0 Å². The molecule has 1 fully saturated rings. The van der Waals surface area contributed by atoms with Gasteiger partial charge in [-0.15, -0.1) is 0 Å². The fraction of sp³-hybridized carbons (Fsp3) is 0.333. The van der Waals surface area contributed by atoms with Crippen LogP contribution in [0, 0.1) is 6.92 Å². The monoisotopic (exact) mass is 405 g/mol. The summed E-state index contributed by atoms with van der Waals surface area (Å²) >= 11 is 0. The molecular weight excluding hydrogens is 376 g/mol. The van der Waals surface area contributed by atoms with Crippen molar-refractivity contribution in [2.75, 3.05) is 39.3 Å². The maximum absolute atomic E-state index is 13.4. The van der Waals surface area contributed by atoms with Crippen molar-refractivity contribution in [1.29, 1.82) is 0 Å². The van der Waals surface area contributed by atoms with Crippen LogP contribution >= 0.6 is 0 Å². The first-order valence-electron chi connectivity index (χ1n) is 10.6. The van der Waals surface area contributed by atoms with E-state index in [1.807, 2.05) is 46.1 Å². The lowest BCUT2D eigenvalue weighted by atomic mass is 10.1. The number of aryl methyl sites for hydroxylation is 1. The van der Waals surface area contributed by atoms with E-state index in [4.69, 9.17) is 10.2 Å². The first kappa shape index (κ1) is 20.3. The van der Waals surface area contributed by atoms with Crippen LogP contribution in [0.3, 0.4) is 0 Å². The van der Waals surface area contributed by atoms with Crippen molar-refractivity contribution in [1.82, 2.24) is 14.7 Å². The smallest absolute Gasteiger partial charge is 0.258 e. The maximum atomic E-state index is 13.4. The zero-order valence-electron chi connectivity index (χ0n) is 17.4. The van der Waals surface area contributed by atoms with E-state index in [1.54, 1.807) is 0 Å². The van der Waals surface area contributed by atoms with Gasteiger partial charge >= 0.3 is 0 Å². The first-order chi connectivity index (χ1) is 14.6. The predicted octanol–water partition coefficient (Wildman–Crippen LogP) is 1.24. The number of piperazine rings is 1. The quantitative estimate of drug-likeness (QED) is 0.649. The summed E-state index contributed by atoms with van der Waals surface area (Å²) in [6.45, 7) is 6.74. The van der Waals surface area contributed by atoms with Crippen LogP contribution in [0.25, 0.3) is 11.3 Å². The first-order valence-corrected chi connectivity index (χ1v) is 10.6. The van der Waals surface area contributed by atoms with Crippen LogP contribution in [0.1, 0.15) is 21.5 Å². The normalized spacial score (nSPS) is 14.8. The van der Waals surface area contributed by atoms with E-state index in [0.717, 1.165) is 36.5 Å². The van der Waals surface area contributed by atoms with Crippen LogP contribution in [0.4, 0.5) is 0 Å². The van der Waals surface area contributed by atoms with Crippen molar-refractivity contribution >= 4 is 5.91 Å². The number of nitrogens with one attached hydrogen (secondary N) is 1. The third kappa shape index (κ3) is 4.61. The minimum atomic E-state index is 0.0351. The molecule has 0 saturated carbocycles. The number of nitrogens with zero attached hydrogens (tertiary/aromatic N) is 3. The number of amides is 1. The molecule has 0 bridgehead atoms. The van der Waals surface area contributed by atoms with Crippen molar-refractivity contribution < 1.29 is 14.8 Å². The van der Waals surface area contributed by atoms with Gasteiger partial charge in [0, 0.05) is 11.8 Å². The number of carbonyl (C=O) groups excluding carboxylic acids is 1. The summed E-state index contributed by atoms with van der Waals surface area (Å²) in [5.41, 5.74) is 4.68. The highest BCUT2D eigenvalue weighted by atomic mass is 16.3. The molecule has 1 saturated heterocycles. The lowest BCUT2D eigenvalue weighted by Gasteiger charge is -2.31. The van der Waals surface area contributed by atoms with Gasteiger partial charge < -0.3 is 14.9 Å². The molecule has 1 aliphatic rings. The third-order valence-corrected chi connectivity index (χ3v) is 5.73. The van der Waals surface area contributed by atoms with Gasteiger partial charge in [-0.3, -0.25) is 9.48 Å². The Morgan fingerprint density at radius 2 is 1.77 bits per heavy atom. The molecule has 2 heterocycles. The Hall–Kier alpha value is -2.96. The Labute approximate surface area is 177 Å². The second kappa shape index (κ2) is 9.24. The van der Waals surface area contributed by atoms with Gasteiger partial charge in [0.1, 0.15) is 12.2 Å². The zero-order chi connectivity index (χ0) is 20.9. The summed E-state index contributed by atoms with van der Waals surface area (Å²) in [6.07, 6.45) is 1.89. The summed E-state index contributed by atoms with van der Waals surface area (Å²) in [4.78, 5) is 16.7. The Kier molecular flexibility index (Phi) is 6.26. The molecule has 6 nitrogen and oxygen atoms in total. The summed E-state index contributed by atoms with van der Waals surface area (Å²) in [5.74, 6) is 0.0351. The molecule has 1 amide bonds. The lowest BCUT2D eigenvalue weighted by Crippen LogP contribution is -3.15. The van der Waals surface area contributed by atoms with Gasteiger partial charge in [0.2, 0.25) is 0 Å². The molecule has 3 aromatic rings. The molecule has 156 valence electrons. The van der Waals surface area contributed by atoms with Gasteiger partial charge in [-0.05, 0) is 12.5 Å². The largest absolute Gasteiger partial charge is 0.391 e. The van der Waals surface area contributed by atoms with E-state index in [1.165, 1.54) is 10.5 Å². The maximum Gasteiger partial charge on any atom is 0.258 e. The average molecular weight is 406 g/mol. The Bertz CT molecular complexity index is 974. The predicted molar refractivity (Wildman–Crippen MR) is 116 cm³/mol.